The van der Waals surface area contributed by atoms with Gasteiger partial charge in [-0.15, -0.1) is 0 Å². The molecule has 0 amide bonds. The Morgan fingerprint density at radius 2 is 1.65 bits per heavy atom. The second kappa shape index (κ2) is 6.24. The summed E-state index contributed by atoms with van der Waals surface area (Å²) < 4.78 is 4.65. The van der Waals surface area contributed by atoms with Crippen LogP contribution in [0.4, 0.5) is 11.4 Å². The number of ether oxygens (including phenoxy) is 1. The number of hydrogen-bond acceptors (Lipinski definition) is 3. The first-order valence-corrected chi connectivity index (χ1v) is 6.58. The van der Waals surface area contributed by atoms with Gasteiger partial charge in [-0.1, -0.05) is 18.2 Å². The van der Waals surface area contributed by atoms with Crippen LogP contribution in [-0.2, 0) is 16.0 Å². The molecule has 0 aromatic heterocycles. The molecule has 2 rings (SSSR count). The fourth-order valence-electron chi connectivity index (χ4n) is 1.93. The van der Waals surface area contributed by atoms with E-state index in [1.165, 1.54) is 18.2 Å². The number of aryl methyl sites for hydroxylation is 2. The van der Waals surface area contributed by atoms with Crippen LogP contribution in [0.15, 0.2) is 42.5 Å². The number of carbonyl (C=O) groups excluding carboxylic acids is 1. The first-order valence-electron chi connectivity index (χ1n) is 6.58. The molecule has 0 heterocycles. The second-order valence-corrected chi connectivity index (χ2v) is 4.87. The Labute approximate surface area is 119 Å². The van der Waals surface area contributed by atoms with Gasteiger partial charge in [-0.25, -0.2) is 0 Å². The van der Waals surface area contributed by atoms with Crippen molar-refractivity contribution in [2.45, 2.75) is 20.3 Å². The summed E-state index contributed by atoms with van der Waals surface area (Å²) in [7, 11) is 1.40. The van der Waals surface area contributed by atoms with Gasteiger partial charge in [-0.3, -0.25) is 4.79 Å². The van der Waals surface area contributed by atoms with E-state index in [0.29, 0.717) is 6.42 Å². The van der Waals surface area contributed by atoms with Crippen molar-refractivity contribution in [2.75, 3.05) is 12.4 Å². The smallest absolute Gasteiger partial charge is 0.309 e. The standard InChI is InChI=1S/C17H19NO2/c1-12-4-7-16(10-13(12)2)18-15-8-5-14(6-9-15)11-17(19)20-3/h4-10,18H,11H2,1-3H3. The Kier molecular flexibility index (Phi) is 4.41. The number of rotatable bonds is 4. The van der Waals surface area contributed by atoms with E-state index < -0.39 is 0 Å². The largest absolute Gasteiger partial charge is 0.469 e. The van der Waals surface area contributed by atoms with Gasteiger partial charge < -0.3 is 10.1 Å². The van der Waals surface area contributed by atoms with E-state index in [4.69, 9.17) is 0 Å². The van der Waals surface area contributed by atoms with Crippen LogP contribution in [0.3, 0.4) is 0 Å². The number of nitrogens with one attached hydrogen (secondary N) is 1. The van der Waals surface area contributed by atoms with Gasteiger partial charge in [0, 0.05) is 11.4 Å². The van der Waals surface area contributed by atoms with Gasteiger partial charge >= 0.3 is 5.97 Å². The van der Waals surface area contributed by atoms with Crippen molar-refractivity contribution in [3.63, 3.8) is 0 Å². The lowest BCUT2D eigenvalue weighted by Crippen LogP contribution is -2.04. The van der Waals surface area contributed by atoms with Gasteiger partial charge in [0.05, 0.1) is 13.5 Å². The Hall–Kier alpha value is -2.29. The van der Waals surface area contributed by atoms with E-state index in [9.17, 15) is 4.79 Å². The molecule has 2 aromatic carbocycles. The van der Waals surface area contributed by atoms with Gasteiger partial charge in [-0.2, -0.15) is 0 Å². The molecule has 0 aliphatic carbocycles. The lowest BCUT2D eigenvalue weighted by molar-refractivity contribution is -0.139. The molecule has 0 saturated carbocycles. The molecule has 3 nitrogen and oxygen atoms in total. The van der Waals surface area contributed by atoms with Crippen LogP contribution < -0.4 is 5.32 Å². The van der Waals surface area contributed by atoms with Crippen molar-refractivity contribution in [1.82, 2.24) is 0 Å². The van der Waals surface area contributed by atoms with Crippen LogP contribution in [0.5, 0.6) is 0 Å². The third-order valence-corrected chi connectivity index (χ3v) is 3.33. The molecule has 1 N–H and O–H groups in total. The van der Waals surface area contributed by atoms with Crippen LogP contribution >= 0.6 is 0 Å². The van der Waals surface area contributed by atoms with Gasteiger partial charge in [0.25, 0.3) is 0 Å². The average Bonchev–Trinajstić information content (AvgIpc) is 2.45. The number of esters is 1. The van der Waals surface area contributed by atoms with Gasteiger partial charge in [-0.05, 0) is 54.8 Å². The van der Waals surface area contributed by atoms with Crippen molar-refractivity contribution in [3.05, 3.63) is 59.2 Å². The summed E-state index contributed by atoms with van der Waals surface area (Å²) >= 11 is 0. The van der Waals surface area contributed by atoms with E-state index in [2.05, 4.69) is 42.1 Å². The number of carbonyl (C=O) groups is 1. The summed E-state index contributed by atoms with van der Waals surface area (Å²) in [6, 6.07) is 14.1. The van der Waals surface area contributed by atoms with Crippen LogP contribution in [0.2, 0.25) is 0 Å². The van der Waals surface area contributed by atoms with Crippen LogP contribution in [0.1, 0.15) is 16.7 Å². The van der Waals surface area contributed by atoms with E-state index in [1.54, 1.807) is 0 Å². The van der Waals surface area contributed by atoms with E-state index >= 15 is 0 Å². The van der Waals surface area contributed by atoms with Crippen molar-refractivity contribution in [2.24, 2.45) is 0 Å². The quantitative estimate of drug-likeness (QED) is 0.859. The summed E-state index contributed by atoms with van der Waals surface area (Å²) in [5.41, 5.74) is 5.56. The first kappa shape index (κ1) is 14.1. The summed E-state index contributed by atoms with van der Waals surface area (Å²) in [5, 5.41) is 3.35. The van der Waals surface area contributed by atoms with Gasteiger partial charge in [0.1, 0.15) is 0 Å². The average molecular weight is 269 g/mol. The summed E-state index contributed by atoms with van der Waals surface area (Å²) in [6.07, 6.45) is 0.306. The minimum absolute atomic E-state index is 0.222. The zero-order valence-corrected chi connectivity index (χ0v) is 12.1. The van der Waals surface area contributed by atoms with E-state index in [-0.39, 0.29) is 5.97 Å². The molecule has 0 radical (unpaired) electrons. The number of anilines is 2. The zero-order chi connectivity index (χ0) is 14.5. The van der Waals surface area contributed by atoms with Gasteiger partial charge in [0.15, 0.2) is 0 Å². The normalized spacial score (nSPS) is 10.2. The van der Waals surface area contributed by atoms with Crippen molar-refractivity contribution in [3.8, 4) is 0 Å². The summed E-state index contributed by atoms with van der Waals surface area (Å²) in [5.74, 6) is -0.222. The van der Waals surface area contributed by atoms with Crippen LogP contribution in [-0.4, -0.2) is 13.1 Å². The molecule has 0 aliphatic heterocycles. The molecule has 0 fully saturated rings. The SMILES string of the molecule is COC(=O)Cc1ccc(Nc2ccc(C)c(C)c2)cc1. The molecule has 0 unspecified atom stereocenters. The van der Waals surface area contributed by atoms with Crippen molar-refractivity contribution in [1.29, 1.82) is 0 Å². The summed E-state index contributed by atoms with van der Waals surface area (Å²) in [4.78, 5) is 11.2. The first-order chi connectivity index (χ1) is 9.58. The molecule has 0 spiro atoms. The predicted octanol–water partition coefficient (Wildman–Crippen LogP) is 3.76. The highest BCUT2D eigenvalue weighted by Crippen LogP contribution is 2.20. The molecule has 104 valence electrons. The minimum Gasteiger partial charge on any atom is -0.469 e. The lowest BCUT2D eigenvalue weighted by Gasteiger charge is -2.09. The van der Waals surface area contributed by atoms with E-state index in [1.807, 2.05) is 24.3 Å². The van der Waals surface area contributed by atoms with Crippen LogP contribution in [0, 0.1) is 13.8 Å². The lowest BCUT2D eigenvalue weighted by atomic mass is 10.1. The topological polar surface area (TPSA) is 38.3 Å². The van der Waals surface area contributed by atoms with Crippen molar-refractivity contribution < 1.29 is 9.53 Å². The highest BCUT2D eigenvalue weighted by Gasteiger charge is 2.03. The number of benzene rings is 2. The number of methoxy groups -OCH3 is 1. The fraction of sp³-hybridized carbons (Fsp3) is 0.235. The molecule has 2 aromatic rings. The molecule has 0 saturated heterocycles. The molecular weight excluding hydrogens is 250 g/mol. The maximum absolute atomic E-state index is 11.2. The van der Waals surface area contributed by atoms with Crippen LogP contribution in [0.25, 0.3) is 0 Å². The Morgan fingerprint density at radius 1 is 1.00 bits per heavy atom. The second-order valence-electron chi connectivity index (χ2n) is 4.87. The fourth-order valence-corrected chi connectivity index (χ4v) is 1.93. The molecule has 3 heteroatoms. The van der Waals surface area contributed by atoms with E-state index in [0.717, 1.165) is 16.9 Å². The summed E-state index contributed by atoms with van der Waals surface area (Å²) in [6.45, 7) is 4.20. The minimum atomic E-state index is -0.222. The Bertz CT molecular complexity index is 603. The molecule has 0 atom stereocenters. The Balaban J connectivity index is 2.06. The maximum atomic E-state index is 11.2. The maximum Gasteiger partial charge on any atom is 0.309 e. The highest BCUT2D eigenvalue weighted by molar-refractivity contribution is 5.72. The zero-order valence-electron chi connectivity index (χ0n) is 12.1. The third-order valence-electron chi connectivity index (χ3n) is 3.33. The molecule has 0 bridgehead atoms. The van der Waals surface area contributed by atoms with Crippen molar-refractivity contribution >= 4 is 17.3 Å². The van der Waals surface area contributed by atoms with Gasteiger partial charge in [0.2, 0.25) is 0 Å². The third kappa shape index (κ3) is 3.60. The Morgan fingerprint density at radius 3 is 2.25 bits per heavy atom. The molecule has 20 heavy (non-hydrogen) atoms. The highest BCUT2D eigenvalue weighted by atomic mass is 16.5. The molecular formula is C17H19NO2. The number of hydrogen-bond donors (Lipinski definition) is 1. The monoisotopic (exact) mass is 269 g/mol. The predicted molar refractivity (Wildman–Crippen MR) is 81.4 cm³/mol. The molecule has 0 aliphatic rings.